The predicted molar refractivity (Wildman–Crippen MR) is 119 cm³/mol. The Hall–Kier alpha value is -3.02. The number of carbonyl (C=O) groups excluding carboxylic acids is 2. The molecule has 0 saturated heterocycles. The monoisotopic (exact) mass is 409 g/mol. The van der Waals surface area contributed by atoms with Crippen LogP contribution in [0.2, 0.25) is 0 Å². The highest BCUT2D eigenvalue weighted by atomic mass is 16.5. The van der Waals surface area contributed by atoms with E-state index in [0.29, 0.717) is 25.4 Å². The summed E-state index contributed by atoms with van der Waals surface area (Å²) in [6.07, 6.45) is 6.80. The summed E-state index contributed by atoms with van der Waals surface area (Å²) in [5, 5.41) is 9.14. The topological polar surface area (TPSA) is 79.5 Å². The van der Waals surface area contributed by atoms with Gasteiger partial charge in [-0.25, -0.2) is 4.79 Å². The first kappa shape index (κ1) is 21.7. The molecule has 0 bridgehead atoms. The lowest BCUT2D eigenvalue weighted by molar-refractivity contribution is -0.116. The zero-order valence-electron chi connectivity index (χ0n) is 17.4. The molecule has 0 aliphatic heterocycles. The normalized spacial score (nSPS) is 14.0. The van der Waals surface area contributed by atoms with E-state index in [1.807, 2.05) is 54.6 Å². The Balaban J connectivity index is 1.28. The van der Waals surface area contributed by atoms with Gasteiger partial charge in [0.05, 0.1) is 0 Å². The number of anilines is 2. The van der Waals surface area contributed by atoms with Crippen LogP contribution in [0.4, 0.5) is 16.2 Å². The van der Waals surface area contributed by atoms with Crippen LogP contribution in [0.15, 0.2) is 54.6 Å². The van der Waals surface area contributed by atoms with Crippen molar-refractivity contribution in [2.45, 2.75) is 57.6 Å². The van der Waals surface area contributed by atoms with Gasteiger partial charge in [-0.15, -0.1) is 0 Å². The van der Waals surface area contributed by atoms with Gasteiger partial charge in [0.25, 0.3) is 0 Å². The maximum Gasteiger partial charge on any atom is 0.407 e. The summed E-state index contributed by atoms with van der Waals surface area (Å²) in [6.45, 7) is 0.629. The average molecular weight is 410 g/mol. The van der Waals surface area contributed by atoms with Crippen molar-refractivity contribution in [3.05, 3.63) is 60.2 Å². The molecule has 6 nitrogen and oxygen atoms in total. The van der Waals surface area contributed by atoms with Gasteiger partial charge in [0.15, 0.2) is 0 Å². The standard InChI is InChI=1S/C24H31N3O3/c28-23(12-7-17-25-24(29)30-18-19-8-3-1-4-9-19)27-22-15-13-21(14-16-22)26-20-10-5-2-6-11-20/h1,3-4,8-9,13-16,20,26H,2,5-7,10-12,17-18H2,(H,25,29)(H,27,28). The molecule has 3 N–H and O–H groups in total. The van der Waals surface area contributed by atoms with E-state index in [2.05, 4.69) is 16.0 Å². The molecule has 30 heavy (non-hydrogen) atoms. The van der Waals surface area contributed by atoms with Gasteiger partial charge in [0.2, 0.25) is 5.91 Å². The number of nitrogens with one attached hydrogen (secondary N) is 3. The molecule has 2 amide bonds. The molecule has 0 radical (unpaired) electrons. The Kier molecular flexibility index (Phi) is 8.57. The Morgan fingerprint density at radius 3 is 2.33 bits per heavy atom. The highest BCUT2D eigenvalue weighted by Crippen LogP contribution is 2.22. The summed E-state index contributed by atoms with van der Waals surface area (Å²) >= 11 is 0. The molecule has 1 aliphatic rings. The lowest BCUT2D eigenvalue weighted by Crippen LogP contribution is -2.26. The smallest absolute Gasteiger partial charge is 0.407 e. The number of amides is 2. The third-order valence-electron chi connectivity index (χ3n) is 5.21. The van der Waals surface area contributed by atoms with Crippen LogP contribution in [0.3, 0.4) is 0 Å². The average Bonchev–Trinajstić information content (AvgIpc) is 2.78. The summed E-state index contributed by atoms with van der Waals surface area (Å²) in [7, 11) is 0. The van der Waals surface area contributed by atoms with Gasteiger partial charge in [0.1, 0.15) is 6.61 Å². The number of rotatable bonds is 9. The first-order valence-electron chi connectivity index (χ1n) is 10.8. The lowest BCUT2D eigenvalue weighted by atomic mass is 9.95. The third kappa shape index (κ3) is 7.78. The summed E-state index contributed by atoms with van der Waals surface area (Å²) in [5.41, 5.74) is 2.81. The van der Waals surface area contributed by atoms with E-state index in [1.54, 1.807) is 0 Å². The lowest BCUT2D eigenvalue weighted by Gasteiger charge is -2.23. The van der Waals surface area contributed by atoms with Crippen molar-refractivity contribution in [1.29, 1.82) is 0 Å². The van der Waals surface area contributed by atoms with Gasteiger partial charge in [0, 0.05) is 30.4 Å². The van der Waals surface area contributed by atoms with Crippen molar-refractivity contribution in [3.8, 4) is 0 Å². The van der Waals surface area contributed by atoms with Gasteiger partial charge >= 0.3 is 6.09 Å². The minimum absolute atomic E-state index is 0.0672. The quantitative estimate of drug-likeness (QED) is 0.505. The van der Waals surface area contributed by atoms with E-state index in [1.165, 1.54) is 32.1 Å². The van der Waals surface area contributed by atoms with Gasteiger partial charge in [-0.2, -0.15) is 0 Å². The molecule has 2 aromatic rings. The van der Waals surface area contributed by atoms with Crippen molar-refractivity contribution < 1.29 is 14.3 Å². The maximum absolute atomic E-state index is 12.1. The zero-order valence-corrected chi connectivity index (χ0v) is 17.4. The molecule has 0 spiro atoms. The van der Waals surface area contributed by atoms with Gasteiger partial charge < -0.3 is 20.7 Å². The number of alkyl carbamates (subject to hydrolysis) is 1. The molecule has 1 saturated carbocycles. The van der Waals surface area contributed by atoms with Crippen molar-refractivity contribution in [3.63, 3.8) is 0 Å². The molecule has 6 heteroatoms. The second-order valence-electron chi connectivity index (χ2n) is 7.70. The molecule has 2 aromatic carbocycles. The predicted octanol–water partition coefficient (Wildman–Crippen LogP) is 5.08. The second-order valence-corrected chi connectivity index (χ2v) is 7.70. The molecule has 0 atom stereocenters. The van der Waals surface area contributed by atoms with E-state index in [4.69, 9.17) is 4.74 Å². The third-order valence-corrected chi connectivity index (χ3v) is 5.21. The number of carbonyl (C=O) groups is 2. The summed E-state index contributed by atoms with van der Waals surface area (Å²) < 4.78 is 5.14. The first-order chi connectivity index (χ1) is 14.7. The Bertz CT molecular complexity index is 787. The highest BCUT2D eigenvalue weighted by molar-refractivity contribution is 5.90. The van der Waals surface area contributed by atoms with Crippen LogP contribution in [-0.4, -0.2) is 24.6 Å². The van der Waals surface area contributed by atoms with E-state index in [-0.39, 0.29) is 12.5 Å². The summed E-state index contributed by atoms with van der Waals surface area (Å²) in [6, 6.07) is 17.9. The van der Waals surface area contributed by atoms with Crippen LogP contribution >= 0.6 is 0 Å². The fourth-order valence-corrected chi connectivity index (χ4v) is 3.57. The molecule has 1 aliphatic carbocycles. The first-order valence-corrected chi connectivity index (χ1v) is 10.8. The van der Waals surface area contributed by atoms with Crippen molar-refractivity contribution >= 4 is 23.4 Å². The minimum atomic E-state index is -0.472. The summed E-state index contributed by atoms with van der Waals surface area (Å²) in [5.74, 6) is -0.0672. The number of benzene rings is 2. The van der Waals surface area contributed by atoms with Gasteiger partial charge in [-0.1, -0.05) is 49.6 Å². The molecule has 0 aromatic heterocycles. The van der Waals surface area contributed by atoms with Crippen molar-refractivity contribution in [1.82, 2.24) is 5.32 Å². The molecular weight excluding hydrogens is 378 g/mol. The van der Waals surface area contributed by atoms with Crippen LogP contribution in [0.5, 0.6) is 0 Å². The van der Waals surface area contributed by atoms with Gasteiger partial charge in [-0.3, -0.25) is 4.79 Å². The van der Waals surface area contributed by atoms with Crippen LogP contribution < -0.4 is 16.0 Å². The van der Waals surface area contributed by atoms with Gasteiger partial charge in [-0.05, 0) is 49.1 Å². The minimum Gasteiger partial charge on any atom is -0.445 e. The Morgan fingerprint density at radius 1 is 0.900 bits per heavy atom. The SMILES string of the molecule is O=C(CCCNC(=O)OCc1ccccc1)Nc1ccc(NC2CCCCC2)cc1. The molecule has 0 heterocycles. The zero-order chi connectivity index (χ0) is 21.0. The molecule has 0 unspecified atom stereocenters. The van der Waals surface area contributed by atoms with Crippen LogP contribution in [0.25, 0.3) is 0 Å². The molecular formula is C24H31N3O3. The van der Waals surface area contributed by atoms with Crippen molar-refractivity contribution in [2.75, 3.05) is 17.2 Å². The number of hydrogen-bond donors (Lipinski definition) is 3. The number of ether oxygens (including phenoxy) is 1. The maximum atomic E-state index is 12.1. The summed E-state index contributed by atoms with van der Waals surface area (Å²) in [4.78, 5) is 23.8. The molecule has 1 fully saturated rings. The van der Waals surface area contributed by atoms with Crippen molar-refractivity contribution in [2.24, 2.45) is 0 Å². The largest absolute Gasteiger partial charge is 0.445 e. The van der Waals surface area contributed by atoms with Crippen LogP contribution in [0, 0.1) is 0 Å². The highest BCUT2D eigenvalue weighted by Gasteiger charge is 2.12. The van der Waals surface area contributed by atoms with E-state index >= 15 is 0 Å². The van der Waals surface area contributed by atoms with E-state index < -0.39 is 6.09 Å². The second kappa shape index (κ2) is 11.9. The fraction of sp³-hybridized carbons (Fsp3) is 0.417. The number of hydrogen-bond acceptors (Lipinski definition) is 4. The molecule has 3 rings (SSSR count). The fourth-order valence-electron chi connectivity index (χ4n) is 3.57. The van der Waals surface area contributed by atoms with Crippen LogP contribution in [0.1, 0.15) is 50.5 Å². The Labute approximate surface area is 178 Å². The van der Waals surface area contributed by atoms with E-state index in [9.17, 15) is 9.59 Å². The van der Waals surface area contributed by atoms with E-state index in [0.717, 1.165) is 16.9 Å². The van der Waals surface area contributed by atoms with Crippen LogP contribution in [-0.2, 0) is 16.1 Å². The Morgan fingerprint density at radius 2 is 1.60 bits per heavy atom. The molecule has 160 valence electrons.